The van der Waals surface area contributed by atoms with Gasteiger partial charge in [0.15, 0.2) is 0 Å². The number of hydrogen-bond donors (Lipinski definition) is 2. The summed E-state index contributed by atoms with van der Waals surface area (Å²) in [6.45, 7) is 3.81. The summed E-state index contributed by atoms with van der Waals surface area (Å²) < 4.78 is 27.3. The van der Waals surface area contributed by atoms with Crippen LogP contribution in [0, 0.1) is 10.1 Å². The minimum Gasteiger partial charge on any atom is -0.280 e. The molecular formula is C17H20N4O4S. The minimum absolute atomic E-state index is 0.129. The predicted octanol–water partition coefficient (Wildman–Crippen LogP) is 3.98. The van der Waals surface area contributed by atoms with E-state index in [1.807, 2.05) is 13.8 Å². The molecule has 0 amide bonds. The molecule has 0 aliphatic carbocycles. The molecule has 0 saturated heterocycles. The van der Waals surface area contributed by atoms with Crippen LogP contribution < -0.4 is 10.1 Å². The third kappa shape index (κ3) is 5.03. The van der Waals surface area contributed by atoms with Crippen molar-refractivity contribution in [2.45, 2.75) is 31.6 Å². The van der Waals surface area contributed by atoms with Gasteiger partial charge in [0.25, 0.3) is 15.7 Å². The number of hydrazone groups is 1. The number of hydrogen-bond acceptors (Lipinski definition) is 6. The molecule has 8 nitrogen and oxygen atoms in total. The number of benzene rings is 2. The van der Waals surface area contributed by atoms with Gasteiger partial charge in [-0.1, -0.05) is 31.5 Å². The van der Waals surface area contributed by atoms with E-state index in [-0.39, 0.29) is 16.3 Å². The summed E-state index contributed by atoms with van der Waals surface area (Å²) in [5, 5.41) is 15.4. The van der Waals surface area contributed by atoms with Crippen LogP contribution in [0.15, 0.2) is 58.5 Å². The lowest BCUT2D eigenvalue weighted by Gasteiger charge is -2.09. The molecule has 2 aromatic carbocycles. The molecule has 0 heterocycles. The molecule has 0 aromatic heterocycles. The van der Waals surface area contributed by atoms with Gasteiger partial charge in [-0.05, 0) is 37.6 Å². The monoisotopic (exact) mass is 376 g/mol. The maximum absolute atomic E-state index is 12.5. The number of anilines is 2. The summed E-state index contributed by atoms with van der Waals surface area (Å²) in [6.07, 6.45) is 1.66. The van der Waals surface area contributed by atoms with Gasteiger partial charge in [-0.25, -0.2) is 8.42 Å². The zero-order chi connectivity index (χ0) is 19.2. The van der Waals surface area contributed by atoms with Gasteiger partial charge in [0.2, 0.25) is 0 Å². The molecule has 9 heteroatoms. The lowest BCUT2D eigenvalue weighted by Crippen LogP contribution is -2.13. The molecule has 0 spiro atoms. The second-order valence-corrected chi connectivity index (χ2v) is 7.30. The molecule has 0 radical (unpaired) electrons. The van der Waals surface area contributed by atoms with Gasteiger partial charge in [0.05, 0.1) is 9.82 Å². The van der Waals surface area contributed by atoms with E-state index in [0.717, 1.165) is 24.6 Å². The lowest BCUT2D eigenvalue weighted by molar-refractivity contribution is -0.384. The second kappa shape index (κ2) is 8.43. The first-order valence-electron chi connectivity index (χ1n) is 7.99. The predicted molar refractivity (Wildman–Crippen MR) is 102 cm³/mol. The Labute approximate surface area is 152 Å². The SMILES string of the molecule is CCC/C(C)=N\Nc1ccc(S(=O)(=O)Nc2ccccc2)cc1[N+](=O)[O-]. The van der Waals surface area contributed by atoms with Crippen molar-refractivity contribution in [1.29, 1.82) is 0 Å². The summed E-state index contributed by atoms with van der Waals surface area (Å²) in [7, 11) is -3.94. The highest BCUT2D eigenvalue weighted by atomic mass is 32.2. The summed E-state index contributed by atoms with van der Waals surface area (Å²) in [4.78, 5) is 10.5. The Hall–Kier alpha value is -2.94. The van der Waals surface area contributed by atoms with Gasteiger partial charge in [-0.2, -0.15) is 5.10 Å². The fourth-order valence-electron chi connectivity index (χ4n) is 2.22. The van der Waals surface area contributed by atoms with Gasteiger partial charge in [-0.15, -0.1) is 0 Å². The van der Waals surface area contributed by atoms with Crippen molar-refractivity contribution in [2.75, 3.05) is 10.1 Å². The molecule has 0 bridgehead atoms. The second-order valence-electron chi connectivity index (χ2n) is 5.62. The van der Waals surface area contributed by atoms with Crippen molar-refractivity contribution < 1.29 is 13.3 Å². The number of nitro groups is 1. The molecular weight excluding hydrogens is 356 g/mol. The van der Waals surface area contributed by atoms with Crippen molar-refractivity contribution in [3.05, 3.63) is 58.6 Å². The molecule has 0 aliphatic heterocycles. The third-order valence-electron chi connectivity index (χ3n) is 3.48. The fraction of sp³-hybridized carbons (Fsp3) is 0.235. The Morgan fingerprint density at radius 1 is 1.19 bits per heavy atom. The maximum atomic E-state index is 12.5. The quantitative estimate of drug-likeness (QED) is 0.411. The Bertz CT molecular complexity index is 912. The van der Waals surface area contributed by atoms with Crippen LogP contribution in [0.25, 0.3) is 0 Å². The first-order valence-corrected chi connectivity index (χ1v) is 9.47. The number of nitrogens with zero attached hydrogens (tertiary/aromatic N) is 2. The topological polar surface area (TPSA) is 114 Å². The van der Waals surface area contributed by atoms with E-state index >= 15 is 0 Å². The molecule has 2 aromatic rings. The van der Waals surface area contributed by atoms with E-state index in [1.54, 1.807) is 30.3 Å². The Balaban J connectivity index is 2.32. The van der Waals surface area contributed by atoms with Crippen molar-refractivity contribution in [2.24, 2.45) is 5.10 Å². The van der Waals surface area contributed by atoms with Crippen LogP contribution in [0.3, 0.4) is 0 Å². The zero-order valence-electron chi connectivity index (χ0n) is 14.5. The number of para-hydroxylation sites is 1. The average Bonchev–Trinajstić information content (AvgIpc) is 2.60. The standard InChI is InChI=1S/C17H20N4O4S/c1-3-7-13(2)18-19-16-11-10-15(12-17(16)21(22)23)26(24,25)20-14-8-5-4-6-9-14/h4-6,8-12,19-20H,3,7H2,1-2H3/b18-13-. The Morgan fingerprint density at radius 2 is 1.88 bits per heavy atom. The summed E-state index contributed by atoms with van der Waals surface area (Å²) in [6, 6.07) is 11.9. The summed E-state index contributed by atoms with van der Waals surface area (Å²) in [5.41, 5.74) is 3.57. The van der Waals surface area contributed by atoms with Crippen LogP contribution in [-0.4, -0.2) is 19.1 Å². The Morgan fingerprint density at radius 3 is 2.50 bits per heavy atom. The molecule has 0 atom stereocenters. The van der Waals surface area contributed by atoms with Crippen LogP contribution in [-0.2, 0) is 10.0 Å². The largest absolute Gasteiger partial charge is 0.295 e. The number of sulfonamides is 1. The Kier molecular flexibility index (Phi) is 6.29. The summed E-state index contributed by atoms with van der Waals surface area (Å²) in [5.74, 6) is 0. The molecule has 0 saturated carbocycles. The maximum Gasteiger partial charge on any atom is 0.295 e. The highest BCUT2D eigenvalue weighted by molar-refractivity contribution is 7.92. The van der Waals surface area contributed by atoms with Gasteiger partial charge < -0.3 is 0 Å². The van der Waals surface area contributed by atoms with E-state index in [4.69, 9.17) is 0 Å². The van der Waals surface area contributed by atoms with E-state index in [9.17, 15) is 18.5 Å². The van der Waals surface area contributed by atoms with Gasteiger partial charge >= 0.3 is 0 Å². The van der Waals surface area contributed by atoms with Gasteiger partial charge in [-0.3, -0.25) is 20.3 Å². The molecule has 0 aliphatic rings. The van der Waals surface area contributed by atoms with Crippen LogP contribution >= 0.6 is 0 Å². The molecule has 2 N–H and O–H groups in total. The number of nitrogens with one attached hydrogen (secondary N) is 2. The lowest BCUT2D eigenvalue weighted by atomic mass is 10.2. The number of rotatable bonds is 8. The first-order chi connectivity index (χ1) is 12.3. The van der Waals surface area contributed by atoms with Crippen LogP contribution in [0.1, 0.15) is 26.7 Å². The van der Waals surface area contributed by atoms with Crippen LogP contribution in [0.2, 0.25) is 0 Å². The molecule has 2 rings (SSSR count). The van der Waals surface area contributed by atoms with Crippen molar-refractivity contribution in [3.8, 4) is 0 Å². The van der Waals surface area contributed by atoms with E-state index in [0.29, 0.717) is 5.69 Å². The molecule has 0 fully saturated rings. The normalized spacial score (nSPS) is 11.8. The van der Waals surface area contributed by atoms with Gasteiger partial charge in [0.1, 0.15) is 5.69 Å². The first kappa shape index (κ1) is 19.4. The average molecular weight is 376 g/mol. The highest BCUT2D eigenvalue weighted by Gasteiger charge is 2.21. The highest BCUT2D eigenvalue weighted by Crippen LogP contribution is 2.28. The summed E-state index contributed by atoms with van der Waals surface area (Å²) >= 11 is 0. The zero-order valence-corrected chi connectivity index (χ0v) is 15.3. The van der Waals surface area contributed by atoms with Gasteiger partial charge in [0, 0.05) is 17.5 Å². The van der Waals surface area contributed by atoms with Crippen molar-refractivity contribution in [3.63, 3.8) is 0 Å². The van der Waals surface area contributed by atoms with E-state index < -0.39 is 14.9 Å². The van der Waals surface area contributed by atoms with Crippen molar-refractivity contribution >= 4 is 32.8 Å². The fourth-order valence-corrected chi connectivity index (χ4v) is 3.30. The molecule has 26 heavy (non-hydrogen) atoms. The number of nitro benzene ring substituents is 1. The van der Waals surface area contributed by atoms with E-state index in [1.165, 1.54) is 12.1 Å². The molecule has 138 valence electrons. The van der Waals surface area contributed by atoms with Crippen LogP contribution in [0.4, 0.5) is 17.1 Å². The third-order valence-corrected chi connectivity index (χ3v) is 4.86. The smallest absolute Gasteiger partial charge is 0.280 e. The van der Waals surface area contributed by atoms with Crippen LogP contribution in [0.5, 0.6) is 0 Å². The minimum atomic E-state index is -3.94. The van der Waals surface area contributed by atoms with E-state index in [2.05, 4.69) is 15.2 Å². The van der Waals surface area contributed by atoms with Crippen molar-refractivity contribution in [1.82, 2.24) is 0 Å². The molecule has 0 unspecified atom stereocenters.